The maximum Gasteiger partial charge on any atom is 0.394 e. The van der Waals surface area contributed by atoms with E-state index >= 15 is 0 Å². The van der Waals surface area contributed by atoms with Crippen LogP contribution in [0.25, 0.3) is 12.2 Å². The number of hydrogen-bond donors (Lipinski definition) is 4. The van der Waals surface area contributed by atoms with Crippen LogP contribution in [0.1, 0.15) is 88.7 Å². The molecule has 0 aromatic heterocycles. The van der Waals surface area contributed by atoms with Crippen LogP contribution in [0, 0.1) is 0 Å². The Hall–Kier alpha value is -2.67. The van der Waals surface area contributed by atoms with Gasteiger partial charge in [-0.3, -0.25) is 18.7 Å². The summed E-state index contributed by atoms with van der Waals surface area (Å²) < 4.78 is 43.1. The van der Waals surface area contributed by atoms with Crippen molar-refractivity contribution in [3.8, 4) is 23.0 Å². The van der Waals surface area contributed by atoms with Gasteiger partial charge in [-0.05, 0) is 47.5 Å². The van der Waals surface area contributed by atoms with Gasteiger partial charge in [-0.25, -0.2) is 0 Å². The zero-order chi connectivity index (χ0) is 34.1. The van der Waals surface area contributed by atoms with E-state index in [0.717, 1.165) is 0 Å². The first-order chi connectivity index (χ1) is 21.3. The van der Waals surface area contributed by atoms with Gasteiger partial charge in [-0.15, -0.1) is 0 Å². The molecule has 0 saturated heterocycles. The Morgan fingerprint density at radius 3 is 1.40 bits per heavy atom. The molecule has 0 saturated carbocycles. The summed E-state index contributed by atoms with van der Waals surface area (Å²) >= 11 is 1.41. The van der Waals surface area contributed by atoms with Crippen LogP contribution in [0.2, 0.25) is 3.67 Å². The zero-order valence-corrected chi connectivity index (χ0v) is 29.7. The SMILES string of the molecule is CCCCCCCCCCC[CH2][Na].COc1cc(/C=C/C(=O)CC(=O)/C=C/c2ccc(O)c(OC)c2)ccc1O.O=S(=O)(O)O. The standard InChI is InChI=1S/C21H20O6.C12H25.Na.H2O4S/c1-26-20-11-14(5-9-18(20)24)3-7-16(22)13-17(23)8-4-15-6-10-19(25)21(12-15)27-2;1-3-5-7-9-11-12-10-8-6-4-2;;1-5(2,3)4/h3-12,24-25H,13H2,1-2H3;1,3-12H2,2H3;;(H2,1,2,3,4)/b7-3+,8-4+;;;. The number of rotatable bonds is 18. The number of phenolic OH excluding ortho intramolecular Hbond substituents is 2. The average Bonchev–Trinajstić information content (AvgIpc) is 2.99. The normalized spacial score (nSPS) is 11.0. The zero-order valence-electron chi connectivity index (χ0n) is 26.9. The minimum atomic E-state index is -4.67. The molecule has 0 atom stereocenters. The van der Waals surface area contributed by atoms with Crippen LogP contribution in [-0.2, 0) is 20.0 Å². The molecule has 0 heterocycles. The molecule has 0 unspecified atom stereocenters. The molecule has 0 aliphatic rings. The van der Waals surface area contributed by atoms with Gasteiger partial charge in [0.05, 0.1) is 20.6 Å². The van der Waals surface area contributed by atoms with Gasteiger partial charge in [0.2, 0.25) is 0 Å². The molecule has 0 radical (unpaired) electrons. The minimum absolute atomic E-state index is 0.00662. The first-order valence-corrected chi connectivity index (χ1v) is 18.0. The maximum absolute atomic E-state index is 11.9. The number of methoxy groups -OCH3 is 2. The number of ether oxygens (including phenoxy) is 2. The summed E-state index contributed by atoms with van der Waals surface area (Å²) in [7, 11) is -1.80. The van der Waals surface area contributed by atoms with Gasteiger partial charge in [0.15, 0.2) is 34.6 Å². The fourth-order valence-corrected chi connectivity index (χ4v) is 4.50. The second-order valence-electron chi connectivity index (χ2n) is 10.3. The van der Waals surface area contributed by atoms with E-state index in [2.05, 4.69) is 6.92 Å². The number of carbonyl (C=O) groups excluding carboxylic acids is 2. The summed E-state index contributed by atoms with van der Waals surface area (Å²) in [4.78, 5) is 23.9. The second kappa shape index (κ2) is 25.5. The summed E-state index contributed by atoms with van der Waals surface area (Å²) in [5, 5.41) is 19.1. The molecule has 0 spiro atoms. The summed E-state index contributed by atoms with van der Waals surface area (Å²) in [6.07, 6.45) is 20.2. The van der Waals surface area contributed by atoms with Gasteiger partial charge < -0.3 is 19.7 Å². The smallest absolute Gasteiger partial charge is 0.394 e. The van der Waals surface area contributed by atoms with Crippen LogP contribution in [0.4, 0.5) is 0 Å². The molecule has 10 nitrogen and oxygen atoms in total. The van der Waals surface area contributed by atoms with E-state index < -0.39 is 10.4 Å². The average molecular weight is 659 g/mol. The maximum atomic E-state index is 11.9. The van der Waals surface area contributed by atoms with E-state index in [4.69, 9.17) is 27.0 Å². The number of allylic oxidation sites excluding steroid dienone is 2. The third-order valence-electron chi connectivity index (χ3n) is 6.39. The second-order valence-corrected chi connectivity index (χ2v) is 12.2. The van der Waals surface area contributed by atoms with Crippen molar-refractivity contribution in [2.24, 2.45) is 0 Å². The van der Waals surface area contributed by atoms with E-state index in [0.29, 0.717) is 22.6 Å². The van der Waals surface area contributed by atoms with E-state index in [9.17, 15) is 19.8 Å². The molecule has 2 aromatic carbocycles. The number of unbranched alkanes of at least 4 members (excludes halogenated alkanes) is 9. The molecular formula is C33H47NaO10S. The van der Waals surface area contributed by atoms with Gasteiger partial charge in [-0.2, -0.15) is 8.42 Å². The van der Waals surface area contributed by atoms with Gasteiger partial charge in [0.1, 0.15) is 0 Å². The Bertz CT molecular complexity index is 1220. The van der Waals surface area contributed by atoms with Crippen molar-refractivity contribution in [3.05, 3.63) is 59.7 Å². The monoisotopic (exact) mass is 658 g/mol. The van der Waals surface area contributed by atoms with Crippen molar-refractivity contribution in [1.29, 1.82) is 0 Å². The van der Waals surface area contributed by atoms with Gasteiger partial charge >= 0.3 is 113 Å². The number of aromatic hydroxyl groups is 2. The van der Waals surface area contributed by atoms with E-state index in [1.165, 1.54) is 134 Å². The molecule has 45 heavy (non-hydrogen) atoms. The summed E-state index contributed by atoms with van der Waals surface area (Å²) in [6.45, 7) is 2.29. The molecule has 4 N–H and O–H groups in total. The van der Waals surface area contributed by atoms with Crippen molar-refractivity contribution in [2.45, 2.75) is 81.2 Å². The molecule has 2 aromatic rings. The Morgan fingerprint density at radius 2 is 1.07 bits per heavy atom. The molecule has 0 amide bonds. The third-order valence-corrected chi connectivity index (χ3v) is 7.09. The number of ketones is 2. The summed E-state index contributed by atoms with van der Waals surface area (Å²) in [5.41, 5.74) is 1.33. The van der Waals surface area contributed by atoms with E-state index in [-0.39, 0.29) is 29.5 Å². The molecule has 2 rings (SSSR count). The molecule has 0 fully saturated rings. The van der Waals surface area contributed by atoms with Crippen LogP contribution in [-0.4, -0.2) is 81.5 Å². The Morgan fingerprint density at radius 1 is 0.711 bits per heavy atom. The first-order valence-electron chi connectivity index (χ1n) is 15.2. The van der Waals surface area contributed by atoms with Gasteiger partial charge in [0.25, 0.3) is 0 Å². The summed E-state index contributed by atoms with van der Waals surface area (Å²) in [6, 6.07) is 9.34. The van der Waals surface area contributed by atoms with Crippen LogP contribution in [0.15, 0.2) is 48.6 Å². The third kappa shape index (κ3) is 24.3. The predicted molar refractivity (Wildman–Crippen MR) is 179 cm³/mol. The number of phenols is 2. The first kappa shape index (κ1) is 42.3. The minimum Gasteiger partial charge on any atom is -0.504 e. The number of benzene rings is 2. The molecule has 12 heteroatoms. The molecule has 246 valence electrons. The van der Waals surface area contributed by atoms with Gasteiger partial charge in [0, 0.05) is 0 Å². The van der Waals surface area contributed by atoms with E-state index in [1.807, 2.05) is 0 Å². The fourth-order valence-electron chi connectivity index (χ4n) is 4.00. The Kier molecular flexibility index (Phi) is 24.0. The van der Waals surface area contributed by atoms with Crippen molar-refractivity contribution >= 4 is 62.0 Å². The van der Waals surface area contributed by atoms with Crippen LogP contribution in [0.3, 0.4) is 0 Å². The molecule has 0 aliphatic heterocycles. The van der Waals surface area contributed by atoms with Crippen molar-refractivity contribution in [1.82, 2.24) is 0 Å². The number of carbonyl (C=O) groups is 2. The van der Waals surface area contributed by atoms with Crippen molar-refractivity contribution in [3.63, 3.8) is 0 Å². The van der Waals surface area contributed by atoms with Crippen molar-refractivity contribution in [2.75, 3.05) is 14.2 Å². The quantitative estimate of drug-likeness (QED) is 0.0422. The molecule has 0 aliphatic carbocycles. The van der Waals surface area contributed by atoms with Crippen molar-refractivity contribution < 1.29 is 46.8 Å². The van der Waals surface area contributed by atoms with E-state index in [1.54, 1.807) is 36.4 Å². The Balaban J connectivity index is 0.000000893. The van der Waals surface area contributed by atoms with Gasteiger partial charge in [-0.1, -0.05) is 24.3 Å². The Labute approximate surface area is 285 Å². The predicted octanol–water partition coefficient (Wildman–Crippen LogP) is 7.21. The van der Waals surface area contributed by atoms with Crippen LogP contribution in [0.5, 0.6) is 23.0 Å². The summed E-state index contributed by atoms with van der Waals surface area (Å²) in [5.74, 6) is -0.0832. The molecule has 0 bridgehead atoms. The topological polar surface area (TPSA) is 168 Å². The van der Waals surface area contributed by atoms with Crippen LogP contribution >= 0.6 is 0 Å². The largest absolute Gasteiger partial charge is 0.504 e. The number of hydrogen-bond acceptors (Lipinski definition) is 8. The fraction of sp³-hybridized carbons (Fsp3) is 0.455. The van der Waals surface area contributed by atoms with Crippen LogP contribution < -0.4 is 9.47 Å². The molecular weight excluding hydrogens is 611 g/mol.